The van der Waals surface area contributed by atoms with Gasteiger partial charge < -0.3 is 15.7 Å². The number of nitrogens with one attached hydrogen (secondary N) is 2. The lowest BCUT2D eigenvalue weighted by atomic mass is 9.94. The van der Waals surface area contributed by atoms with Crippen molar-refractivity contribution >= 4 is 29.2 Å². The Kier molecular flexibility index (Phi) is 10.3. The molecule has 0 aliphatic heterocycles. The van der Waals surface area contributed by atoms with Gasteiger partial charge in [-0.05, 0) is 73.2 Å². The van der Waals surface area contributed by atoms with Crippen molar-refractivity contribution in [2.24, 2.45) is 0 Å². The number of amides is 3. The summed E-state index contributed by atoms with van der Waals surface area (Å²) in [6, 6.07) is 18.5. The zero-order chi connectivity index (χ0) is 28.3. The second kappa shape index (κ2) is 14.3. The summed E-state index contributed by atoms with van der Waals surface area (Å²) < 4.78 is 0. The zero-order valence-corrected chi connectivity index (χ0v) is 23.0. The molecular formula is C32H38N4O4. The first-order valence-electron chi connectivity index (χ1n) is 14.2. The van der Waals surface area contributed by atoms with Gasteiger partial charge in [-0.15, -0.1) is 0 Å². The van der Waals surface area contributed by atoms with Gasteiger partial charge in [0.25, 0.3) is 0 Å². The maximum atomic E-state index is 13.9. The zero-order valence-electron chi connectivity index (χ0n) is 23.0. The van der Waals surface area contributed by atoms with E-state index in [9.17, 15) is 19.5 Å². The van der Waals surface area contributed by atoms with Crippen LogP contribution in [0.5, 0.6) is 5.75 Å². The molecule has 1 atom stereocenters. The second-order valence-corrected chi connectivity index (χ2v) is 10.2. The number of phenols is 1. The molecule has 8 nitrogen and oxygen atoms in total. The van der Waals surface area contributed by atoms with Gasteiger partial charge >= 0.3 is 0 Å². The van der Waals surface area contributed by atoms with Gasteiger partial charge in [0.15, 0.2) is 0 Å². The fourth-order valence-electron chi connectivity index (χ4n) is 5.09. The number of carbonyl (C=O) groups is 3. The van der Waals surface area contributed by atoms with Gasteiger partial charge in [-0.25, -0.2) is 4.98 Å². The Balaban J connectivity index is 1.58. The van der Waals surface area contributed by atoms with Gasteiger partial charge in [0.2, 0.25) is 17.7 Å². The van der Waals surface area contributed by atoms with E-state index in [1.807, 2.05) is 24.3 Å². The molecule has 3 N–H and O–H groups in total. The Bertz CT molecular complexity index is 1260. The Morgan fingerprint density at radius 3 is 2.33 bits per heavy atom. The van der Waals surface area contributed by atoms with Gasteiger partial charge in [-0.1, -0.05) is 56.5 Å². The number of rotatable bonds is 11. The van der Waals surface area contributed by atoms with Crippen LogP contribution in [0.25, 0.3) is 0 Å². The lowest BCUT2D eigenvalue weighted by Crippen LogP contribution is -2.47. The minimum Gasteiger partial charge on any atom is -0.508 e. The van der Waals surface area contributed by atoms with Crippen molar-refractivity contribution < 1.29 is 19.5 Å². The van der Waals surface area contributed by atoms with Crippen molar-refractivity contribution in [1.82, 2.24) is 10.3 Å². The molecule has 40 heavy (non-hydrogen) atoms. The van der Waals surface area contributed by atoms with E-state index >= 15 is 0 Å². The van der Waals surface area contributed by atoms with Crippen molar-refractivity contribution in [3.05, 3.63) is 84.1 Å². The summed E-state index contributed by atoms with van der Waals surface area (Å²) in [5, 5.41) is 15.9. The van der Waals surface area contributed by atoms with Crippen LogP contribution >= 0.6 is 0 Å². The smallest absolute Gasteiger partial charge is 0.248 e. The number of aromatic hydroxyl groups is 1. The summed E-state index contributed by atoms with van der Waals surface area (Å²) in [6.45, 7) is 2.06. The molecule has 210 valence electrons. The van der Waals surface area contributed by atoms with E-state index in [-0.39, 0.29) is 42.4 Å². The topological polar surface area (TPSA) is 112 Å². The number of benzene rings is 2. The number of phenolic OH excluding ortho intramolecular Hbond substituents is 1. The molecule has 0 spiro atoms. The summed E-state index contributed by atoms with van der Waals surface area (Å²) in [6.07, 6.45) is 8.11. The van der Waals surface area contributed by atoms with Crippen LogP contribution in [0.3, 0.4) is 0 Å². The van der Waals surface area contributed by atoms with E-state index in [0.717, 1.165) is 44.1 Å². The monoisotopic (exact) mass is 542 g/mol. The fourth-order valence-corrected chi connectivity index (χ4v) is 5.09. The quantitative estimate of drug-likeness (QED) is 0.289. The van der Waals surface area contributed by atoms with Gasteiger partial charge in [0.05, 0.1) is 0 Å². The molecule has 1 fully saturated rings. The van der Waals surface area contributed by atoms with E-state index in [1.165, 1.54) is 12.1 Å². The minimum atomic E-state index is -0.926. The maximum Gasteiger partial charge on any atom is 0.248 e. The number of hydrogen-bond acceptors (Lipinski definition) is 5. The third-order valence-electron chi connectivity index (χ3n) is 7.29. The minimum absolute atomic E-state index is 0.0653. The highest BCUT2D eigenvalue weighted by molar-refractivity contribution is 6.01. The first-order chi connectivity index (χ1) is 19.4. The van der Waals surface area contributed by atoms with Gasteiger partial charge in [-0.3, -0.25) is 19.3 Å². The molecule has 3 aromatic rings. The number of aryl methyl sites for hydroxylation is 1. The van der Waals surface area contributed by atoms with Crippen LogP contribution in [0.15, 0.2) is 72.9 Å². The van der Waals surface area contributed by atoms with E-state index in [1.54, 1.807) is 41.4 Å². The van der Waals surface area contributed by atoms with Gasteiger partial charge in [0.1, 0.15) is 17.6 Å². The molecular weight excluding hydrogens is 504 g/mol. The largest absolute Gasteiger partial charge is 0.508 e. The molecule has 1 saturated carbocycles. The van der Waals surface area contributed by atoms with Crippen molar-refractivity contribution in [1.29, 1.82) is 0 Å². The Labute approximate surface area is 235 Å². The molecule has 3 amide bonds. The molecule has 1 heterocycles. The Morgan fingerprint density at radius 1 is 0.950 bits per heavy atom. The lowest BCUT2D eigenvalue weighted by Gasteiger charge is -2.33. The van der Waals surface area contributed by atoms with E-state index in [2.05, 4.69) is 22.5 Å². The number of carbonyl (C=O) groups excluding carboxylic acids is 3. The van der Waals surface area contributed by atoms with Gasteiger partial charge in [-0.2, -0.15) is 0 Å². The number of anilines is 2. The van der Waals surface area contributed by atoms with Crippen LogP contribution in [0.4, 0.5) is 11.5 Å². The number of aromatic nitrogens is 1. The van der Waals surface area contributed by atoms with Crippen molar-refractivity contribution in [2.75, 3.05) is 10.2 Å². The Hall–Kier alpha value is -4.20. The molecule has 0 unspecified atom stereocenters. The van der Waals surface area contributed by atoms with E-state index in [0.29, 0.717) is 23.5 Å². The Morgan fingerprint density at radius 2 is 1.68 bits per heavy atom. The highest BCUT2D eigenvalue weighted by Gasteiger charge is 2.34. The second-order valence-electron chi connectivity index (χ2n) is 10.2. The summed E-state index contributed by atoms with van der Waals surface area (Å²) in [5.41, 5.74) is 2.33. The average molecular weight is 543 g/mol. The van der Waals surface area contributed by atoms with Crippen molar-refractivity contribution in [3.8, 4) is 5.75 Å². The third kappa shape index (κ3) is 7.91. The number of hydrogen-bond donors (Lipinski definition) is 3. The third-order valence-corrected chi connectivity index (χ3v) is 7.29. The molecule has 8 heteroatoms. The summed E-state index contributed by atoms with van der Waals surface area (Å²) >= 11 is 0. The molecule has 4 rings (SSSR count). The van der Waals surface area contributed by atoms with Crippen LogP contribution in [0.2, 0.25) is 0 Å². The van der Waals surface area contributed by atoms with Crippen LogP contribution in [0.1, 0.15) is 75.5 Å². The standard InChI is InChI=1S/C32H38N4O4/c1-2-23-14-18-26(19-15-23)36(30(39)13-8-12-29(38)35-28-11-6-7-22-33-28)31(24-16-20-27(37)21-17-24)32(40)34-25-9-4-3-5-10-25/h6-7,11,14-22,25,31,37H,2-5,8-10,12-13H2,1H3,(H,34,40)(H,33,35,38)/t31-/m0/s1. The molecule has 0 radical (unpaired) electrons. The van der Waals surface area contributed by atoms with Gasteiger partial charge in [0, 0.05) is 30.8 Å². The highest BCUT2D eigenvalue weighted by Crippen LogP contribution is 2.31. The van der Waals surface area contributed by atoms with Crippen LogP contribution in [0, 0.1) is 0 Å². The van der Waals surface area contributed by atoms with Crippen LogP contribution in [-0.2, 0) is 20.8 Å². The van der Waals surface area contributed by atoms with E-state index in [4.69, 9.17) is 0 Å². The number of pyridine rings is 1. The predicted octanol–water partition coefficient (Wildman–Crippen LogP) is 5.68. The lowest BCUT2D eigenvalue weighted by molar-refractivity contribution is -0.127. The average Bonchev–Trinajstić information content (AvgIpc) is 2.97. The molecule has 1 aliphatic rings. The van der Waals surface area contributed by atoms with Crippen LogP contribution in [-0.4, -0.2) is 33.9 Å². The fraction of sp³-hybridized carbons (Fsp3) is 0.375. The SMILES string of the molecule is CCc1ccc(N(C(=O)CCCC(=O)Nc2ccccn2)[C@H](C(=O)NC2CCCCC2)c2ccc(O)cc2)cc1. The van der Waals surface area contributed by atoms with Crippen LogP contribution < -0.4 is 15.5 Å². The van der Waals surface area contributed by atoms with E-state index < -0.39 is 6.04 Å². The van der Waals surface area contributed by atoms with Crippen molar-refractivity contribution in [3.63, 3.8) is 0 Å². The normalized spacial score (nSPS) is 14.2. The summed E-state index contributed by atoms with van der Waals surface area (Å²) in [7, 11) is 0. The molecule has 1 aromatic heterocycles. The molecule has 2 aromatic carbocycles. The maximum absolute atomic E-state index is 13.9. The number of nitrogens with zero attached hydrogens (tertiary/aromatic N) is 2. The molecule has 0 saturated heterocycles. The summed E-state index contributed by atoms with van der Waals surface area (Å²) in [5.74, 6) is -0.192. The first kappa shape index (κ1) is 28.8. The summed E-state index contributed by atoms with van der Waals surface area (Å²) in [4.78, 5) is 45.9. The predicted molar refractivity (Wildman–Crippen MR) is 156 cm³/mol. The molecule has 0 bridgehead atoms. The molecule has 1 aliphatic carbocycles. The first-order valence-corrected chi connectivity index (χ1v) is 14.2. The highest BCUT2D eigenvalue weighted by atomic mass is 16.3. The van der Waals surface area contributed by atoms with Crippen molar-refractivity contribution in [2.45, 2.75) is 76.8 Å².